The summed E-state index contributed by atoms with van der Waals surface area (Å²) >= 11 is 1.65. The highest BCUT2D eigenvalue weighted by Gasteiger charge is 2.49. The number of hydrogen-bond donors (Lipinski definition) is 3. The Morgan fingerprint density at radius 2 is 1.71 bits per heavy atom. The van der Waals surface area contributed by atoms with Crippen molar-refractivity contribution in [2.24, 2.45) is 5.41 Å². The summed E-state index contributed by atoms with van der Waals surface area (Å²) in [7, 11) is 0. The molecule has 2 aliphatic rings. The molecule has 2 aliphatic heterocycles. The van der Waals surface area contributed by atoms with E-state index in [1.807, 2.05) is 24.3 Å². The fraction of sp³-hybridized carbons (Fsp3) is 0.333. The lowest BCUT2D eigenvalue weighted by Gasteiger charge is -2.42. The SMILES string of the molecule is Cc1ccc2sc(-c3ccc(O)c4c3C3(CCN(CC(C)(C)C)CC3)CN4c3ccccc3NC(=O)Nc3ccc(OC(F)(F)F)cc3)nc2c1. The van der Waals surface area contributed by atoms with E-state index in [2.05, 4.69) is 71.1 Å². The highest BCUT2D eigenvalue weighted by atomic mass is 32.1. The molecule has 0 bridgehead atoms. The van der Waals surface area contributed by atoms with Gasteiger partial charge in [-0.3, -0.25) is 0 Å². The Kier molecular flexibility index (Phi) is 8.87. The van der Waals surface area contributed by atoms with Crippen LogP contribution in [0.25, 0.3) is 20.8 Å². The summed E-state index contributed by atoms with van der Waals surface area (Å²) in [5.74, 6) is -0.232. The quantitative estimate of drug-likeness (QED) is 0.162. The lowest BCUT2D eigenvalue weighted by molar-refractivity contribution is -0.274. The van der Waals surface area contributed by atoms with E-state index in [-0.39, 0.29) is 22.3 Å². The Bertz CT molecular complexity index is 2080. The van der Waals surface area contributed by atoms with Crippen LogP contribution in [-0.2, 0) is 5.41 Å². The van der Waals surface area contributed by atoms with Gasteiger partial charge in [0.05, 0.1) is 27.3 Å². The molecule has 5 aromatic rings. The summed E-state index contributed by atoms with van der Waals surface area (Å²) < 4.78 is 42.9. The van der Waals surface area contributed by atoms with Crippen molar-refractivity contribution in [3.63, 3.8) is 0 Å². The molecule has 1 aromatic heterocycles. The van der Waals surface area contributed by atoms with Gasteiger partial charge in [-0.05, 0) is 110 Å². The van der Waals surface area contributed by atoms with E-state index in [9.17, 15) is 23.1 Å². The van der Waals surface area contributed by atoms with Gasteiger partial charge in [-0.15, -0.1) is 24.5 Å². The second-order valence-electron chi connectivity index (χ2n) is 14.7. The number of nitrogens with one attached hydrogen (secondary N) is 2. The number of ether oxygens (including phenoxy) is 1. The summed E-state index contributed by atoms with van der Waals surface area (Å²) in [5.41, 5.74) is 6.28. The lowest BCUT2D eigenvalue weighted by Crippen LogP contribution is -2.47. The molecule has 2 amide bonds. The van der Waals surface area contributed by atoms with Gasteiger partial charge in [0, 0.05) is 29.8 Å². The topological polar surface area (TPSA) is 90.0 Å². The number of aryl methyl sites for hydroxylation is 1. The number of anilines is 4. The van der Waals surface area contributed by atoms with Crippen molar-refractivity contribution in [3.05, 3.63) is 90.0 Å². The number of urea groups is 1. The van der Waals surface area contributed by atoms with Crippen LogP contribution in [0.2, 0.25) is 0 Å². The number of benzene rings is 4. The molecule has 7 rings (SSSR count). The third-order valence-corrected chi connectivity index (χ3v) is 10.6. The van der Waals surface area contributed by atoms with Gasteiger partial charge in [0.25, 0.3) is 0 Å². The second kappa shape index (κ2) is 13.1. The number of hydrogen-bond acceptors (Lipinski definition) is 7. The van der Waals surface area contributed by atoms with E-state index in [1.165, 1.54) is 12.1 Å². The monoisotopic (exact) mass is 715 g/mol. The molecule has 1 saturated heterocycles. The zero-order valence-electron chi connectivity index (χ0n) is 28.9. The first-order chi connectivity index (χ1) is 24.2. The van der Waals surface area contributed by atoms with Crippen LogP contribution in [0.4, 0.5) is 40.7 Å². The molecule has 0 aliphatic carbocycles. The number of phenols is 1. The zero-order valence-corrected chi connectivity index (χ0v) is 29.7. The van der Waals surface area contributed by atoms with Gasteiger partial charge in [-0.2, -0.15) is 0 Å². The number of rotatable bonds is 6. The molecule has 266 valence electrons. The second-order valence-corrected chi connectivity index (χ2v) is 15.7. The normalized spacial score (nSPS) is 16.0. The average molecular weight is 716 g/mol. The number of piperidine rings is 1. The first-order valence-corrected chi connectivity index (χ1v) is 17.7. The number of amides is 2. The molecule has 0 radical (unpaired) electrons. The molecule has 12 heteroatoms. The molecule has 4 aromatic carbocycles. The summed E-state index contributed by atoms with van der Waals surface area (Å²) in [6.07, 6.45) is -3.04. The van der Waals surface area contributed by atoms with Crippen molar-refractivity contribution >= 4 is 50.3 Å². The molecule has 1 spiro atoms. The molecule has 0 unspecified atom stereocenters. The maximum absolute atomic E-state index is 13.3. The third kappa shape index (κ3) is 7.34. The highest BCUT2D eigenvalue weighted by molar-refractivity contribution is 7.21. The van der Waals surface area contributed by atoms with Crippen LogP contribution < -0.4 is 20.3 Å². The van der Waals surface area contributed by atoms with Crippen molar-refractivity contribution in [3.8, 4) is 22.1 Å². The van der Waals surface area contributed by atoms with Crippen LogP contribution in [0.5, 0.6) is 11.5 Å². The minimum atomic E-state index is -4.81. The van der Waals surface area contributed by atoms with Crippen molar-refractivity contribution in [2.45, 2.75) is 52.3 Å². The minimum Gasteiger partial charge on any atom is -0.506 e. The fourth-order valence-electron chi connectivity index (χ4n) is 7.44. The molecular weight excluding hydrogens is 676 g/mol. The number of aromatic hydroxyl groups is 1. The number of fused-ring (bicyclic) bond motifs is 3. The number of carbonyl (C=O) groups is 1. The van der Waals surface area contributed by atoms with E-state index in [1.54, 1.807) is 23.5 Å². The van der Waals surface area contributed by atoms with Gasteiger partial charge in [0.2, 0.25) is 0 Å². The number of aromatic nitrogens is 1. The Balaban J connectivity index is 1.24. The Morgan fingerprint density at radius 1 is 0.980 bits per heavy atom. The predicted molar refractivity (Wildman–Crippen MR) is 197 cm³/mol. The number of alkyl halides is 3. The van der Waals surface area contributed by atoms with Crippen LogP contribution in [-0.4, -0.2) is 53.6 Å². The number of thiazole rings is 1. The van der Waals surface area contributed by atoms with Crippen molar-refractivity contribution < 1.29 is 27.8 Å². The van der Waals surface area contributed by atoms with Crippen LogP contribution in [0, 0.1) is 12.3 Å². The third-order valence-electron chi connectivity index (χ3n) is 9.49. The van der Waals surface area contributed by atoms with Crippen molar-refractivity contribution in [1.82, 2.24) is 9.88 Å². The van der Waals surface area contributed by atoms with Gasteiger partial charge in [0.1, 0.15) is 16.5 Å². The van der Waals surface area contributed by atoms with Crippen molar-refractivity contribution in [1.29, 1.82) is 0 Å². The number of phenolic OH excluding ortho intramolecular Hbond substituents is 1. The number of halogens is 3. The van der Waals surface area contributed by atoms with Crippen molar-refractivity contribution in [2.75, 3.05) is 41.7 Å². The van der Waals surface area contributed by atoms with E-state index < -0.39 is 12.4 Å². The smallest absolute Gasteiger partial charge is 0.506 e. The summed E-state index contributed by atoms with van der Waals surface area (Å²) in [6.45, 7) is 12.2. The minimum absolute atomic E-state index is 0.153. The molecule has 8 nitrogen and oxygen atoms in total. The van der Waals surface area contributed by atoms with Gasteiger partial charge in [-0.1, -0.05) is 39.0 Å². The standard InChI is InChI=1S/C39H40F3N5O3S/c1-24-9-16-32-29(21-24)44-35(51-32)27-14-15-31(48)34-33(27)38(17-19-46(20-18-38)22-37(2,3)4)23-47(34)30-8-6-5-7-28(30)45-36(49)43-25-10-12-26(13-11-25)50-39(40,41)42/h5-16,21,48H,17-20,22-23H2,1-4H3,(H2,43,45,49). The molecule has 0 saturated carbocycles. The highest BCUT2D eigenvalue weighted by Crippen LogP contribution is 2.57. The predicted octanol–water partition coefficient (Wildman–Crippen LogP) is 10.1. The van der Waals surface area contributed by atoms with E-state index >= 15 is 0 Å². The summed E-state index contributed by atoms with van der Waals surface area (Å²) in [5, 5.41) is 18.2. The summed E-state index contributed by atoms with van der Waals surface area (Å²) in [6, 6.07) is 21.8. The van der Waals surface area contributed by atoms with Gasteiger partial charge >= 0.3 is 12.4 Å². The average Bonchev–Trinajstić information content (AvgIpc) is 3.62. The van der Waals surface area contributed by atoms with Crippen LogP contribution >= 0.6 is 11.3 Å². The molecule has 3 heterocycles. The van der Waals surface area contributed by atoms with E-state index in [4.69, 9.17) is 4.98 Å². The van der Waals surface area contributed by atoms with Gasteiger partial charge in [-0.25, -0.2) is 9.78 Å². The number of nitrogens with zero attached hydrogens (tertiary/aromatic N) is 3. The lowest BCUT2D eigenvalue weighted by atomic mass is 9.72. The van der Waals surface area contributed by atoms with E-state index in [0.29, 0.717) is 29.3 Å². The van der Waals surface area contributed by atoms with Crippen LogP contribution in [0.15, 0.2) is 78.9 Å². The Morgan fingerprint density at radius 3 is 2.41 bits per heavy atom. The van der Waals surface area contributed by atoms with Crippen LogP contribution in [0.1, 0.15) is 44.7 Å². The molecule has 51 heavy (non-hydrogen) atoms. The Labute approximate surface area is 298 Å². The summed E-state index contributed by atoms with van der Waals surface area (Å²) in [4.78, 5) is 23.0. The number of para-hydroxylation sites is 2. The molecule has 1 fully saturated rings. The Hall–Kier alpha value is -4.81. The molecule has 0 atom stereocenters. The first kappa shape index (κ1) is 34.6. The maximum atomic E-state index is 13.3. The molecule has 3 N–H and O–H groups in total. The maximum Gasteiger partial charge on any atom is 0.573 e. The zero-order chi connectivity index (χ0) is 36.1. The van der Waals surface area contributed by atoms with Crippen LogP contribution in [0.3, 0.4) is 0 Å². The van der Waals surface area contributed by atoms with E-state index in [0.717, 1.165) is 76.5 Å². The first-order valence-electron chi connectivity index (χ1n) is 16.9. The fourth-order valence-corrected chi connectivity index (χ4v) is 8.42. The van der Waals surface area contributed by atoms with Gasteiger partial charge < -0.3 is 30.3 Å². The van der Waals surface area contributed by atoms with Gasteiger partial charge in [0.15, 0.2) is 0 Å². The number of likely N-dealkylation sites (tertiary alicyclic amines) is 1. The number of carbonyl (C=O) groups excluding carboxylic acids is 1. The largest absolute Gasteiger partial charge is 0.573 e. The molecular formula is C39H40F3N5O3S.